The highest BCUT2D eigenvalue weighted by Crippen LogP contribution is 2.31. The topological polar surface area (TPSA) is 83.9 Å². The Bertz CT molecular complexity index is 601. The van der Waals surface area contributed by atoms with Crippen LogP contribution in [0.5, 0.6) is 0 Å². The third-order valence-electron chi connectivity index (χ3n) is 3.45. The van der Waals surface area contributed by atoms with Crippen molar-refractivity contribution in [2.24, 2.45) is 0 Å². The summed E-state index contributed by atoms with van der Waals surface area (Å²) in [6, 6.07) is 3.83. The maximum atomic E-state index is 12.3. The van der Waals surface area contributed by atoms with Crippen molar-refractivity contribution in [2.75, 3.05) is 7.11 Å². The third kappa shape index (κ3) is 3.00. The summed E-state index contributed by atoms with van der Waals surface area (Å²) in [5, 5.41) is 9.74. The first-order valence-electron chi connectivity index (χ1n) is 6.33. The van der Waals surface area contributed by atoms with Gasteiger partial charge in [0.25, 0.3) is 5.91 Å². The number of hydrogen-bond donors (Lipinski definition) is 1. The monoisotopic (exact) mass is 311 g/mol. The zero-order chi connectivity index (χ0) is 15.6. The van der Waals surface area contributed by atoms with Crippen LogP contribution in [0.1, 0.15) is 28.8 Å². The molecule has 1 aliphatic heterocycles. The number of aliphatic carboxylic acids is 1. The van der Waals surface area contributed by atoms with Gasteiger partial charge in [-0.1, -0.05) is 17.7 Å². The highest BCUT2D eigenvalue weighted by Gasteiger charge is 2.37. The minimum atomic E-state index is -1.16. The Morgan fingerprint density at radius 3 is 2.76 bits per heavy atom. The summed E-state index contributed by atoms with van der Waals surface area (Å²) in [5.41, 5.74) is 1.03. The Labute approximate surface area is 126 Å². The molecule has 7 heteroatoms. The van der Waals surface area contributed by atoms with Crippen LogP contribution in [0.15, 0.2) is 18.2 Å². The number of rotatable bonds is 5. The van der Waals surface area contributed by atoms with Crippen LogP contribution >= 0.6 is 11.6 Å². The molecule has 1 N–H and O–H groups in total. The van der Waals surface area contributed by atoms with Gasteiger partial charge in [0, 0.05) is 29.1 Å². The molecule has 1 aromatic carbocycles. The third-order valence-corrected chi connectivity index (χ3v) is 3.80. The summed E-state index contributed by atoms with van der Waals surface area (Å²) in [6.45, 7) is 0.131. The van der Waals surface area contributed by atoms with Gasteiger partial charge in [-0.2, -0.15) is 0 Å². The summed E-state index contributed by atoms with van der Waals surface area (Å²) < 4.78 is 4.49. The second-order valence-corrected chi connectivity index (χ2v) is 5.08. The molecular weight excluding hydrogens is 298 g/mol. The Hall–Kier alpha value is -2.08. The molecule has 1 unspecified atom stereocenters. The van der Waals surface area contributed by atoms with E-state index in [0.29, 0.717) is 16.1 Å². The minimum absolute atomic E-state index is 0.000641. The molecule has 112 valence electrons. The maximum Gasteiger partial charge on any atom is 0.326 e. The normalized spacial score (nSPS) is 14.8. The number of carboxylic acids is 1. The van der Waals surface area contributed by atoms with Gasteiger partial charge in [-0.05, 0) is 18.6 Å². The fourth-order valence-corrected chi connectivity index (χ4v) is 2.57. The standard InChI is InChI=1S/C14H14ClNO5/c1-21-12(17)6-5-11(14(19)20)16-7-9-8(13(16)18)3-2-4-10(9)15/h2-4,11H,5-7H2,1H3,(H,19,20). The first-order valence-corrected chi connectivity index (χ1v) is 6.71. The van der Waals surface area contributed by atoms with Crippen LogP contribution in [0.4, 0.5) is 0 Å². The molecular formula is C14H14ClNO5. The van der Waals surface area contributed by atoms with E-state index in [1.54, 1.807) is 18.2 Å². The largest absolute Gasteiger partial charge is 0.480 e. The Morgan fingerprint density at radius 1 is 1.48 bits per heavy atom. The van der Waals surface area contributed by atoms with Crippen LogP contribution in [0.25, 0.3) is 0 Å². The van der Waals surface area contributed by atoms with Gasteiger partial charge in [0.2, 0.25) is 0 Å². The fraction of sp³-hybridized carbons (Fsp3) is 0.357. The lowest BCUT2D eigenvalue weighted by molar-refractivity contribution is -0.144. The van der Waals surface area contributed by atoms with E-state index in [4.69, 9.17) is 11.6 Å². The molecule has 6 nitrogen and oxygen atoms in total. The number of nitrogens with zero attached hydrogens (tertiary/aromatic N) is 1. The molecule has 0 radical (unpaired) electrons. The second kappa shape index (κ2) is 6.13. The molecule has 0 saturated heterocycles. The highest BCUT2D eigenvalue weighted by molar-refractivity contribution is 6.32. The van der Waals surface area contributed by atoms with Gasteiger partial charge in [-0.25, -0.2) is 4.79 Å². The summed E-state index contributed by atoms with van der Waals surface area (Å²) in [6.07, 6.45) is -0.0688. The molecule has 0 saturated carbocycles. The summed E-state index contributed by atoms with van der Waals surface area (Å²) >= 11 is 6.03. The van der Waals surface area contributed by atoms with E-state index in [-0.39, 0.29) is 25.3 Å². The van der Waals surface area contributed by atoms with Crippen molar-refractivity contribution in [1.29, 1.82) is 0 Å². The summed E-state index contributed by atoms with van der Waals surface area (Å²) in [4.78, 5) is 36.1. The van der Waals surface area contributed by atoms with Crippen LogP contribution in [-0.2, 0) is 20.9 Å². The van der Waals surface area contributed by atoms with Crippen molar-refractivity contribution >= 4 is 29.4 Å². The quantitative estimate of drug-likeness (QED) is 0.837. The predicted molar refractivity (Wildman–Crippen MR) is 74.0 cm³/mol. The molecule has 0 spiro atoms. The van der Waals surface area contributed by atoms with E-state index in [2.05, 4.69) is 4.74 Å². The number of carbonyl (C=O) groups excluding carboxylic acids is 2. The van der Waals surface area contributed by atoms with Gasteiger partial charge in [0.1, 0.15) is 6.04 Å². The minimum Gasteiger partial charge on any atom is -0.480 e. The van der Waals surface area contributed by atoms with Crippen LogP contribution in [0, 0.1) is 0 Å². The molecule has 1 aromatic rings. The molecule has 1 amide bonds. The first-order chi connectivity index (χ1) is 9.95. The first kappa shape index (κ1) is 15.3. The van der Waals surface area contributed by atoms with Crippen molar-refractivity contribution in [2.45, 2.75) is 25.4 Å². The molecule has 1 atom stereocenters. The molecule has 2 rings (SSSR count). The summed E-state index contributed by atoms with van der Waals surface area (Å²) in [7, 11) is 1.23. The van der Waals surface area contributed by atoms with Crippen LogP contribution in [0.3, 0.4) is 0 Å². The second-order valence-electron chi connectivity index (χ2n) is 4.67. The Kier molecular flexibility index (Phi) is 4.47. The van der Waals surface area contributed by atoms with E-state index >= 15 is 0 Å². The lowest BCUT2D eigenvalue weighted by atomic mass is 10.1. The average Bonchev–Trinajstić information content (AvgIpc) is 2.78. The van der Waals surface area contributed by atoms with Gasteiger partial charge < -0.3 is 14.7 Å². The van der Waals surface area contributed by atoms with Crippen LogP contribution in [-0.4, -0.2) is 41.0 Å². The summed E-state index contributed by atoms with van der Waals surface area (Å²) in [5.74, 6) is -2.05. The zero-order valence-corrected chi connectivity index (χ0v) is 12.1. The van der Waals surface area contributed by atoms with Gasteiger partial charge in [0.05, 0.1) is 7.11 Å². The number of halogens is 1. The fourth-order valence-electron chi connectivity index (χ4n) is 2.34. The molecule has 0 aliphatic carbocycles. The molecule has 0 bridgehead atoms. The van der Waals surface area contributed by atoms with E-state index in [1.165, 1.54) is 12.0 Å². The van der Waals surface area contributed by atoms with Gasteiger partial charge in [-0.3, -0.25) is 9.59 Å². The van der Waals surface area contributed by atoms with E-state index in [9.17, 15) is 19.5 Å². The maximum absolute atomic E-state index is 12.3. The van der Waals surface area contributed by atoms with Gasteiger partial charge in [0.15, 0.2) is 0 Å². The zero-order valence-electron chi connectivity index (χ0n) is 11.3. The lowest BCUT2D eigenvalue weighted by Crippen LogP contribution is -2.41. The number of benzene rings is 1. The predicted octanol–water partition coefficient (Wildman–Crippen LogP) is 1.70. The van der Waals surface area contributed by atoms with Crippen molar-refractivity contribution in [3.8, 4) is 0 Å². The Morgan fingerprint density at radius 2 is 2.19 bits per heavy atom. The number of ether oxygens (including phenoxy) is 1. The van der Waals surface area contributed by atoms with Gasteiger partial charge in [-0.15, -0.1) is 0 Å². The number of fused-ring (bicyclic) bond motifs is 1. The molecule has 0 fully saturated rings. The smallest absolute Gasteiger partial charge is 0.326 e. The van der Waals surface area contributed by atoms with Crippen molar-refractivity contribution in [3.63, 3.8) is 0 Å². The Balaban J connectivity index is 2.20. The highest BCUT2D eigenvalue weighted by atomic mass is 35.5. The van der Waals surface area contributed by atoms with Crippen molar-refractivity contribution in [3.05, 3.63) is 34.3 Å². The number of carboxylic acid groups (broad SMARTS) is 1. The van der Waals surface area contributed by atoms with Gasteiger partial charge >= 0.3 is 11.9 Å². The molecule has 21 heavy (non-hydrogen) atoms. The molecule has 1 aliphatic rings. The number of hydrogen-bond acceptors (Lipinski definition) is 4. The van der Waals surface area contributed by atoms with E-state index < -0.39 is 18.0 Å². The van der Waals surface area contributed by atoms with Crippen LogP contribution in [0.2, 0.25) is 5.02 Å². The number of carbonyl (C=O) groups is 3. The van der Waals surface area contributed by atoms with E-state index in [1.807, 2.05) is 0 Å². The number of esters is 1. The molecule has 1 heterocycles. The number of methoxy groups -OCH3 is 1. The molecule has 0 aromatic heterocycles. The number of amides is 1. The van der Waals surface area contributed by atoms with Crippen molar-refractivity contribution in [1.82, 2.24) is 4.90 Å². The van der Waals surface area contributed by atoms with Crippen molar-refractivity contribution < 1.29 is 24.2 Å². The van der Waals surface area contributed by atoms with E-state index in [0.717, 1.165) is 0 Å². The SMILES string of the molecule is COC(=O)CCC(C(=O)O)N1Cc2c(Cl)cccc2C1=O. The lowest BCUT2D eigenvalue weighted by Gasteiger charge is -2.23. The average molecular weight is 312 g/mol. The van der Waals surface area contributed by atoms with Crippen LogP contribution < -0.4 is 0 Å².